The maximum absolute atomic E-state index is 12.1. The molecule has 2 atom stereocenters. The van der Waals surface area contributed by atoms with E-state index in [4.69, 9.17) is 9.84 Å². The first-order chi connectivity index (χ1) is 9.49. The van der Waals surface area contributed by atoms with Crippen molar-refractivity contribution in [2.45, 2.75) is 18.6 Å². The Kier molecular flexibility index (Phi) is 4.74. The molecule has 0 unspecified atom stereocenters. The van der Waals surface area contributed by atoms with Crippen LogP contribution >= 0.6 is 15.9 Å². The van der Waals surface area contributed by atoms with E-state index in [0.29, 0.717) is 23.1 Å². The quantitative estimate of drug-likeness (QED) is 0.761. The van der Waals surface area contributed by atoms with E-state index in [0.717, 1.165) is 0 Å². The number of nitrogens with one attached hydrogen (secondary N) is 1. The molecule has 20 heavy (non-hydrogen) atoms. The second-order valence-electron chi connectivity index (χ2n) is 4.51. The minimum atomic E-state index is -1.06. The summed E-state index contributed by atoms with van der Waals surface area (Å²) >= 11 is 3.18. The second-order valence-corrected chi connectivity index (χ2v) is 5.37. The molecule has 0 aliphatic carbocycles. The summed E-state index contributed by atoms with van der Waals surface area (Å²) in [7, 11) is 0. The zero-order valence-corrected chi connectivity index (χ0v) is 12.1. The maximum Gasteiger partial charge on any atom is 0.335 e. The largest absolute Gasteiger partial charge is 0.478 e. The van der Waals surface area contributed by atoms with Gasteiger partial charge in [0.15, 0.2) is 0 Å². The zero-order chi connectivity index (χ0) is 14.7. The normalized spacial score (nSPS) is 22.3. The van der Waals surface area contributed by atoms with Crippen LogP contribution in [0.15, 0.2) is 22.7 Å². The number of amides is 1. The van der Waals surface area contributed by atoms with Crippen molar-refractivity contribution >= 4 is 27.8 Å². The summed E-state index contributed by atoms with van der Waals surface area (Å²) in [4.78, 5) is 22.9. The third-order valence-electron chi connectivity index (χ3n) is 3.10. The molecule has 0 radical (unpaired) electrons. The summed E-state index contributed by atoms with van der Waals surface area (Å²) in [5, 5.41) is 21.3. The highest BCUT2D eigenvalue weighted by Gasteiger charge is 2.26. The maximum atomic E-state index is 12.1. The zero-order valence-electron chi connectivity index (χ0n) is 10.5. The summed E-state index contributed by atoms with van der Waals surface area (Å²) in [6.07, 6.45) is -0.158. The van der Waals surface area contributed by atoms with Crippen molar-refractivity contribution in [2.24, 2.45) is 0 Å². The number of hydrogen-bond donors (Lipinski definition) is 3. The molecule has 0 bridgehead atoms. The first-order valence-electron chi connectivity index (χ1n) is 6.08. The average Bonchev–Trinajstić information content (AvgIpc) is 2.41. The molecule has 1 aliphatic rings. The Balaban J connectivity index is 2.11. The van der Waals surface area contributed by atoms with Gasteiger partial charge in [0.25, 0.3) is 5.91 Å². The number of rotatable bonds is 3. The molecule has 1 aliphatic heterocycles. The van der Waals surface area contributed by atoms with E-state index in [1.165, 1.54) is 18.2 Å². The Labute approximate surface area is 123 Å². The summed E-state index contributed by atoms with van der Waals surface area (Å²) in [6, 6.07) is 3.70. The molecule has 3 N–H and O–H groups in total. The van der Waals surface area contributed by atoms with Crippen molar-refractivity contribution in [2.75, 3.05) is 13.2 Å². The van der Waals surface area contributed by atoms with Crippen LogP contribution < -0.4 is 5.32 Å². The number of aliphatic hydroxyl groups excluding tert-OH is 1. The van der Waals surface area contributed by atoms with Crippen molar-refractivity contribution in [3.05, 3.63) is 33.8 Å². The molecule has 6 nitrogen and oxygen atoms in total. The Morgan fingerprint density at radius 1 is 1.40 bits per heavy atom. The Morgan fingerprint density at radius 2 is 2.15 bits per heavy atom. The lowest BCUT2D eigenvalue weighted by atomic mass is 10.1. The number of hydrogen-bond acceptors (Lipinski definition) is 4. The van der Waals surface area contributed by atoms with Crippen molar-refractivity contribution < 1.29 is 24.5 Å². The van der Waals surface area contributed by atoms with Gasteiger partial charge in [-0.3, -0.25) is 4.79 Å². The molecule has 2 rings (SSSR count). The Hall–Kier alpha value is -1.44. The highest BCUT2D eigenvalue weighted by molar-refractivity contribution is 9.10. The predicted molar refractivity (Wildman–Crippen MR) is 73.8 cm³/mol. The lowest BCUT2D eigenvalue weighted by Gasteiger charge is -2.28. The van der Waals surface area contributed by atoms with E-state index in [1.807, 2.05) is 0 Å². The van der Waals surface area contributed by atoms with Crippen LogP contribution in [0.3, 0.4) is 0 Å². The second kappa shape index (κ2) is 6.34. The highest BCUT2D eigenvalue weighted by Crippen LogP contribution is 2.19. The molecule has 1 saturated heterocycles. The third-order valence-corrected chi connectivity index (χ3v) is 3.75. The molecule has 1 heterocycles. The van der Waals surface area contributed by atoms with E-state index in [2.05, 4.69) is 21.2 Å². The lowest BCUT2D eigenvalue weighted by molar-refractivity contribution is -0.0140. The number of ether oxygens (including phenoxy) is 1. The van der Waals surface area contributed by atoms with Gasteiger partial charge in [-0.2, -0.15) is 0 Å². The van der Waals surface area contributed by atoms with Gasteiger partial charge in [-0.05, 0) is 40.5 Å². The van der Waals surface area contributed by atoms with Gasteiger partial charge in [0.05, 0.1) is 29.9 Å². The standard InChI is InChI=1S/C13H14BrNO5/c14-9-5-7(13(18)19)1-2-8(9)12(17)15-10-6-20-4-3-11(10)16/h1-2,5,10-11,16H,3-4,6H2,(H,15,17)(H,18,19)/t10-,11-/m1/s1. The summed E-state index contributed by atoms with van der Waals surface area (Å²) in [5.41, 5.74) is 0.405. The van der Waals surface area contributed by atoms with E-state index in [-0.39, 0.29) is 18.1 Å². The molecule has 0 saturated carbocycles. The minimum absolute atomic E-state index is 0.0921. The van der Waals surface area contributed by atoms with E-state index in [9.17, 15) is 14.7 Å². The van der Waals surface area contributed by atoms with Crippen LogP contribution in [-0.2, 0) is 4.74 Å². The average molecular weight is 344 g/mol. The van der Waals surface area contributed by atoms with Crippen molar-refractivity contribution in [1.29, 1.82) is 0 Å². The van der Waals surface area contributed by atoms with Gasteiger partial charge in [-0.15, -0.1) is 0 Å². The highest BCUT2D eigenvalue weighted by atomic mass is 79.9. The fourth-order valence-corrected chi connectivity index (χ4v) is 2.50. The molecule has 108 valence electrons. The van der Waals surface area contributed by atoms with Crippen LogP contribution in [-0.4, -0.2) is 47.4 Å². The number of carboxylic acids is 1. The minimum Gasteiger partial charge on any atom is -0.478 e. The monoisotopic (exact) mass is 343 g/mol. The van der Waals surface area contributed by atoms with Crippen LogP contribution in [0.5, 0.6) is 0 Å². The predicted octanol–water partition coefficient (Wildman–Crippen LogP) is 1.03. The van der Waals surface area contributed by atoms with E-state index in [1.54, 1.807) is 0 Å². The first kappa shape index (κ1) is 15.0. The van der Waals surface area contributed by atoms with Crippen LogP contribution in [0.4, 0.5) is 0 Å². The fourth-order valence-electron chi connectivity index (χ4n) is 1.94. The van der Waals surface area contributed by atoms with Crippen molar-refractivity contribution in [3.63, 3.8) is 0 Å². The SMILES string of the molecule is O=C(O)c1ccc(C(=O)N[C@@H]2COCC[C@H]2O)c(Br)c1. The molecular weight excluding hydrogens is 330 g/mol. The number of carbonyl (C=O) groups excluding carboxylic acids is 1. The molecule has 0 spiro atoms. The lowest BCUT2D eigenvalue weighted by Crippen LogP contribution is -2.49. The number of benzene rings is 1. The number of aromatic carboxylic acids is 1. The summed E-state index contributed by atoms with van der Waals surface area (Å²) in [5.74, 6) is -1.45. The first-order valence-corrected chi connectivity index (χ1v) is 6.88. The summed E-state index contributed by atoms with van der Waals surface area (Å²) in [6.45, 7) is 0.738. The van der Waals surface area contributed by atoms with Gasteiger partial charge in [0, 0.05) is 11.1 Å². The molecule has 0 aromatic heterocycles. The van der Waals surface area contributed by atoms with Gasteiger partial charge in [0.1, 0.15) is 0 Å². The number of carbonyl (C=O) groups is 2. The number of carboxylic acid groups (broad SMARTS) is 1. The van der Waals surface area contributed by atoms with Gasteiger partial charge in [0.2, 0.25) is 0 Å². The molecule has 7 heteroatoms. The van der Waals surface area contributed by atoms with Crippen LogP contribution in [0.25, 0.3) is 0 Å². The van der Waals surface area contributed by atoms with Gasteiger partial charge < -0.3 is 20.3 Å². The van der Waals surface area contributed by atoms with Gasteiger partial charge in [-0.25, -0.2) is 4.79 Å². The number of halogens is 1. The molecule has 1 aromatic rings. The van der Waals surface area contributed by atoms with E-state index >= 15 is 0 Å². The Bertz CT molecular complexity index is 533. The Morgan fingerprint density at radius 3 is 2.75 bits per heavy atom. The molecule has 1 fully saturated rings. The van der Waals surface area contributed by atoms with Crippen LogP contribution in [0, 0.1) is 0 Å². The van der Waals surface area contributed by atoms with Crippen molar-refractivity contribution in [3.8, 4) is 0 Å². The topological polar surface area (TPSA) is 95.9 Å². The van der Waals surface area contributed by atoms with Gasteiger partial charge in [-0.1, -0.05) is 0 Å². The summed E-state index contributed by atoms with van der Waals surface area (Å²) < 4.78 is 5.60. The molecular formula is C13H14BrNO5. The van der Waals surface area contributed by atoms with E-state index < -0.39 is 18.1 Å². The fraction of sp³-hybridized carbons (Fsp3) is 0.385. The number of aliphatic hydroxyl groups is 1. The third kappa shape index (κ3) is 3.36. The molecule has 1 aromatic carbocycles. The van der Waals surface area contributed by atoms with Gasteiger partial charge >= 0.3 is 5.97 Å². The molecule has 1 amide bonds. The van der Waals surface area contributed by atoms with Crippen molar-refractivity contribution in [1.82, 2.24) is 5.32 Å². The smallest absolute Gasteiger partial charge is 0.335 e. The van der Waals surface area contributed by atoms with Crippen LogP contribution in [0.1, 0.15) is 27.1 Å². The van der Waals surface area contributed by atoms with Crippen LogP contribution in [0.2, 0.25) is 0 Å².